The van der Waals surface area contributed by atoms with Crippen LogP contribution in [-0.2, 0) is 21.1 Å². The van der Waals surface area contributed by atoms with E-state index in [9.17, 15) is 19.5 Å². The molecule has 3 aromatic rings. The van der Waals surface area contributed by atoms with Crippen molar-refractivity contribution in [2.24, 2.45) is 17.8 Å². The van der Waals surface area contributed by atoms with Crippen molar-refractivity contribution >= 4 is 46.2 Å². The number of para-hydroxylation sites is 1. The summed E-state index contributed by atoms with van der Waals surface area (Å²) < 4.78 is 6.55. The van der Waals surface area contributed by atoms with Crippen molar-refractivity contribution in [3.63, 3.8) is 0 Å². The molecule has 3 fully saturated rings. The van der Waals surface area contributed by atoms with E-state index in [0.29, 0.717) is 37.4 Å². The molecule has 12 heteroatoms. The quantitative estimate of drug-likeness (QED) is 0.173. The fourth-order valence-electron chi connectivity index (χ4n) is 8.14. The number of anilines is 1. The molecule has 260 valence electrons. The summed E-state index contributed by atoms with van der Waals surface area (Å²) in [4.78, 5) is 49.6. The third-order valence-corrected chi connectivity index (χ3v) is 12.3. The number of hydrogen-bond donors (Lipinski definition) is 1. The molecule has 3 amide bonds. The molecule has 0 aliphatic carbocycles. The van der Waals surface area contributed by atoms with Gasteiger partial charge in [0, 0.05) is 37.2 Å². The number of carbonyl (C=O) groups excluding carboxylic acids is 3. The van der Waals surface area contributed by atoms with Gasteiger partial charge in [-0.25, -0.2) is 4.68 Å². The lowest BCUT2D eigenvalue weighted by molar-refractivity contribution is -0.143. The van der Waals surface area contributed by atoms with Crippen molar-refractivity contribution in [3.05, 3.63) is 73.8 Å². The van der Waals surface area contributed by atoms with Crippen LogP contribution < -0.4 is 9.64 Å². The number of benzene rings is 2. The van der Waals surface area contributed by atoms with E-state index in [1.54, 1.807) is 43.3 Å². The summed E-state index contributed by atoms with van der Waals surface area (Å²) in [5.41, 5.74) is 2.24. The van der Waals surface area contributed by atoms with Crippen molar-refractivity contribution in [1.82, 2.24) is 24.8 Å². The summed E-state index contributed by atoms with van der Waals surface area (Å²) in [6.45, 7) is 13.6. The molecule has 3 saturated heterocycles. The number of carbonyl (C=O) groups is 3. The zero-order valence-electron chi connectivity index (χ0n) is 28.3. The number of aromatic nitrogens is 3. The van der Waals surface area contributed by atoms with Gasteiger partial charge in [-0.1, -0.05) is 36.4 Å². The van der Waals surface area contributed by atoms with E-state index in [0.717, 1.165) is 23.9 Å². The number of hydrogen-bond acceptors (Lipinski definition) is 8. The van der Waals surface area contributed by atoms with E-state index in [4.69, 9.17) is 4.74 Å². The maximum atomic E-state index is 15.0. The number of aliphatic hydroxyl groups is 1. The Labute approximate surface area is 291 Å². The molecule has 49 heavy (non-hydrogen) atoms. The smallest absolute Gasteiger partial charge is 0.248 e. The van der Waals surface area contributed by atoms with Gasteiger partial charge in [-0.05, 0) is 74.9 Å². The van der Waals surface area contributed by atoms with Gasteiger partial charge in [0.05, 0.1) is 28.7 Å². The van der Waals surface area contributed by atoms with Gasteiger partial charge in [0.1, 0.15) is 24.0 Å². The first-order valence-corrected chi connectivity index (χ1v) is 18.1. The Bertz CT molecular complexity index is 1700. The van der Waals surface area contributed by atoms with Gasteiger partial charge in [0.15, 0.2) is 0 Å². The van der Waals surface area contributed by atoms with Crippen molar-refractivity contribution in [1.29, 1.82) is 0 Å². The van der Waals surface area contributed by atoms with E-state index in [1.165, 1.54) is 0 Å². The number of ether oxygens (including phenoxy) is 1. The van der Waals surface area contributed by atoms with Gasteiger partial charge in [-0.15, -0.1) is 30.0 Å². The van der Waals surface area contributed by atoms with Crippen molar-refractivity contribution < 1.29 is 24.2 Å². The summed E-state index contributed by atoms with van der Waals surface area (Å²) in [5.74, 6) is -0.958. The maximum absolute atomic E-state index is 15.0. The van der Waals surface area contributed by atoms with Crippen LogP contribution in [0.15, 0.2) is 73.8 Å². The van der Waals surface area contributed by atoms with Gasteiger partial charge >= 0.3 is 0 Å². The van der Waals surface area contributed by atoms with Crippen molar-refractivity contribution in [2.45, 2.75) is 62.2 Å². The number of unbranched alkanes of at least 4 members (excludes halogenated alkanes) is 2. The van der Waals surface area contributed by atoms with E-state index in [1.807, 2.05) is 55.5 Å². The molecule has 1 aromatic heterocycles. The average Bonchev–Trinajstić information content (AvgIpc) is 3.83. The minimum atomic E-state index is -0.779. The second kappa shape index (κ2) is 14.8. The number of amides is 3. The first-order chi connectivity index (χ1) is 23.8. The van der Waals surface area contributed by atoms with Crippen LogP contribution >= 0.6 is 11.8 Å². The largest absolute Gasteiger partial charge is 0.494 e. The molecule has 0 saturated carbocycles. The zero-order chi connectivity index (χ0) is 34.7. The van der Waals surface area contributed by atoms with Crippen LogP contribution in [0.25, 0.3) is 11.0 Å². The predicted octanol–water partition coefficient (Wildman–Crippen LogP) is 4.52. The van der Waals surface area contributed by atoms with E-state index in [2.05, 4.69) is 30.4 Å². The molecule has 3 aliphatic heterocycles. The summed E-state index contributed by atoms with van der Waals surface area (Å²) in [7, 11) is 0. The standard InChI is InChI=1S/C37H46N6O5S/c1-5-19-40(24-43-29-14-10-9-13-28(29)38-39-43)36(47)33-37-25(4)23-30(49-37)31(32(37)35(46)42(33)21-11-8-12-22-44)34(45)41(20-6-2)26-15-17-27(18-16-26)48-7-3/h5-6,9-10,13-18,25,30-33,44H,1-2,7-8,11-12,19-24H2,3-4H3/t25?,30-,31+,32+,33?,37?/m1/s1. The molecular formula is C37H46N6O5S. The second-order valence-electron chi connectivity index (χ2n) is 13.1. The minimum Gasteiger partial charge on any atom is -0.494 e. The highest BCUT2D eigenvalue weighted by molar-refractivity contribution is 8.02. The van der Waals surface area contributed by atoms with Gasteiger partial charge in [0.25, 0.3) is 0 Å². The summed E-state index contributed by atoms with van der Waals surface area (Å²) in [6, 6.07) is 14.2. The molecule has 3 unspecified atom stereocenters. The minimum absolute atomic E-state index is 0.0213. The molecule has 11 nitrogen and oxygen atoms in total. The molecule has 2 aromatic carbocycles. The number of nitrogens with zero attached hydrogens (tertiary/aromatic N) is 6. The lowest BCUT2D eigenvalue weighted by Gasteiger charge is -2.41. The van der Waals surface area contributed by atoms with Gasteiger partial charge in [-0.2, -0.15) is 0 Å². The molecule has 2 bridgehead atoms. The summed E-state index contributed by atoms with van der Waals surface area (Å²) in [6.07, 6.45) is 6.10. The Balaban J connectivity index is 1.36. The number of fused-ring (bicyclic) bond motifs is 2. The van der Waals surface area contributed by atoms with Crippen LogP contribution in [0.3, 0.4) is 0 Å². The Morgan fingerprint density at radius 1 is 1.08 bits per heavy atom. The monoisotopic (exact) mass is 686 g/mol. The first kappa shape index (κ1) is 34.7. The third-order valence-electron chi connectivity index (χ3n) is 10.2. The van der Waals surface area contributed by atoms with Gasteiger partial charge in [0.2, 0.25) is 17.7 Å². The molecule has 4 heterocycles. The number of rotatable bonds is 16. The molecule has 1 spiro atoms. The van der Waals surface area contributed by atoms with Crippen LogP contribution in [0.2, 0.25) is 0 Å². The van der Waals surface area contributed by atoms with Crippen LogP contribution in [0.4, 0.5) is 5.69 Å². The fourth-order valence-corrected chi connectivity index (χ4v) is 10.6. The van der Waals surface area contributed by atoms with E-state index < -0.39 is 22.6 Å². The van der Waals surface area contributed by atoms with E-state index in [-0.39, 0.29) is 55.3 Å². The fraction of sp³-hybridized carbons (Fsp3) is 0.486. The molecule has 1 N–H and O–H groups in total. The zero-order valence-corrected chi connectivity index (χ0v) is 29.1. The van der Waals surface area contributed by atoms with Crippen LogP contribution in [0.5, 0.6) is 5.75 Å². The molecular weight excluding hydrogens is 641 g/mol. The molecule has 0 radical (unpaired) electrons. The molecule has 6 rings (SSSR count). The lowest BCUT2D eigenvalue weighted by atomic mass is 9.65. The number of thioether (sulfide) groups is 1. The Morgan fingerprint density at radius 2 is 1.84 bits per heavy atom. The normalized spacial score (nSPS) is 25.4. The number of aliphatic hydroxyl groups excluding tert-OH is 1. The Kier molecular flexibility index (Phi) is 10.4. The van der Waals surface area contributed by atoms with Crippen molar-refractivity contribution in [2.75, 3.05) is 37.7 Å². The predicted molar refractivity (Wildman–Crippen MR) is 191 cm³/mol. The SMILES string of the molecule is C=CCN(Cn1nnc2ccccc21)C(=O)C1N(CCCCCO)C(=O)[C@@H]2[C@@H](C(=O)N(CC=C)c3ccc(OCC)cc3)[C@H]3CC(C)C12S3. The lowest BCUT2D eigenvalue weighted by Crippen LogP contribution is -2.57. The average molecular weight is 687 g/mol. The first-order valence-electron chi connectivity index (χ1n) is 17.2. The molecule has 6 atom stereocenters. The maximum Gasteiger partial charge on any atom is 0.248 e. The van der Waals surface area contributed by atoms with Crippen LogP contribution in [0.1, 0.15) is 39.5 Å². The van der Waals surface area contributed by atoms with Gasteiger partial charge < -0.3 is 24.5 Å². The molecule has 3 aliphatic rings. The second-order valence-corrected chi connectivity index (χ2v) is 14.6. The topological polar surface area (TPSA) is 121 Å². The number of likely N-dealkylation sites (tertiary alicyclic amines) is 1. The van der Waals surface area contributed by atoms with E-state index >= 15 is 0 Å². The third kappa shape index (κ3) is 6.14. The van der Waals surface area contributed by atoms with Gasteiger partial charge in [-0.3, -0.25) is 14.4 Å². The summed E-state index contributed by atoms with van der Waals surface area (Å²) in [5, 5.41) is 17.9. The van der Waals surface area contributed by atoms with Crippen molar-refractivity contribution in [3.8, 4) is 5.75 Å². The summed E-state index contributed by atoms with van der Waals surface area (Å²) >= 11 is 1.66. The van der Waals surface area contributed by atoms with Crippen LogP contribution in [0, 0.1) is 17.8 Å². The van der Waals surface area contributed by atoms with Crippen LogP contribution in [-0.4, -0.2) is 96.5 Å². The highest BCUT2D eigenvalue weighted by Gasteiger charge is 2.76. The Hall–Kier alpha value is -4.16. The Morgan fingerprint density at radius 3 is 2.55 bits per heavy atom. The highest BCUT2D eigenvalue weighted by atomic mass is 32.2. The highest BCUT2D eigenvalue weighted by Crippen LogP contribution is 2.69.